The van der Waals surface area contributed by atoms with Crippen LogP contribution in [0.25, 0.3) is 16.6 Å². The van der Waals surface area contributed by atoms with Crippen LogP contribution >= 0.6 is 11.8 Å². The number of para-hydroxylation sites is 2. The van der Waals surface area contributed by atoms with E-state index in [9.17, 15) is 18.0 Å². The lowest BCUT2D eigenvalue weighted by atomic mass is 10.2. The number of nitrogens with zero attached hydrogens (tertiary/aromatic N) is 2. The summed E-state index contributed by atoms with van der Waals surface area (Å²) < 4.78 is 49.9. The predicted molar refractivity (Wildman–Crippen MR) is 117 cm³/mol. The highest BCUT2D eigenvalue weighted by Gasteiger charge is 2.14. The van der Waals surface area contributed by atoms with Gasteiger partial charge in [-0.05, 0) is 48.5 Å². The van der Waals surface area contributed by atoms with E-state index in [0.29, 0.717) is 27.5 Å². The second-order valence-electron chi connectivity index (χ2n) is 6.55. The topological polar surface area (TPSA) is 53.3 Å². The van der Waals surface area contributed by atoms with Crippen LogP contribution in [-0.2, 0) is 0 Å². The predicted octanol–water partition coefficient (Wildman–Crippen LogP) is 5.30. The van der Waals surface area contributed by atoms with E-state index in [1.807, 2.05) is 0 Å². The van der Waals surface area contributed by atoms with Crippen molar-refractivity contribution in [1.29, 1.82) is 0 Å². The Hall–Kier alpha value is -3.46. The summed E-state index contributed by atoms with van der Waals surface area (Å²) in [5.74, 6) is 0.0695. The molecule has 0 radical (unpaired) electrons. The zero-order valence-corrected chi connectivity index (χ0v) is 17.4. The standard InChI is InChI=1S/C23H17F3N2O3S/c24-18-6-2-4-8-20(18)30-13-14-32-23-27-19-7-3-1-5-17(19)21(29)28(23)15-9-11-16(12-10-15)31-22(25)26/h1-12,22H,13-14H2. The van der Waals surface area contributed by atoms with Gasteiger partial charge >= 0.3 is 6.61 Å². The minimum absolute atomic E-state index is 0.0157. The molecule has 0 fully saturated rings. The van der Waals surface area contributed by atoms with Gasteiger partial charge < -0.3 is 9.47 Å². The molecule has 0 bridgehead atoms. The maximum absolute atomic E-state index is 13.7. The Labute approximate surface area is 185 Å². The third-order valence-electron chi connectivity index (χ3n) is 4.47. The van der Waals surface area contributed by atoms with Gasteiger partial charge in [-0.1, -0.05) is 36.0 Å². The number of halogens is 3. The van der Waals surface area contributed by atoms with Crippen molar-refractivity contribution in [2.45, 2.75) is 11.8 Å². The molecule has 1 aromatic heterocycles. The van der Waals surface area contributed by atoms with Crippen LogP contribution in [0.15, 0.2) is 82.7 Å². The van der Waals surface area contributed by atoms with E-state index in [1.54, 1.807) is 36.4 Å². The van der Waals surface area contributed by atoms with E-state index in [4.69, 9.17) is 4.74 Å². The molecule has 0 amide bonds. The molecule has 0 aliphatic carbocycles. The lowest BCUT2D eigenvalue weighted by Gasteiger charge is -2.14. The quantitative estimate of drug-likeness (QED) is 0.204. The molecule has 164 valence electrons. The highest BCUT2D eigenvalue weighted by Crippen LogP contribution is 2.24. The molecular weight excluding hydrogens is 441 g/mol. The summed E-state index contributed by atoms with van der Waals surface area (Å²) in [5.41, 5.74) is 0.687. The molecule has 32 heavy (non-hydrogen) atoms. The van der Waals surface area contributed by atoms with Gasteiger partial charge in [0.25, 0.3) is 5.56 Å². The average molecular weight is 458 g/mol. The second kappa shape index (κ2) is 9.78. The molecule has 5 nitrogen and oxygen atoms in total. The lowest BCUT2D eigenvalue weighted by Crippen LogP contribution is -2.22. The molecule has 4 aromatic rings. The van der Waals surface area contributed by atoms with Gasteiger partial charge in [-0.3, -0.25) is 9.36 Å². The molecule has 0 unspecified atom stereocenters. The first-order valence-corrected chi connectivity index (χ1v) is 10.6. The molecule has 0 atom stereocenters. The number of ether oxygens (including phenoxy) is 2. The number of hydrogen-bond donors (Lipinski definition) is 0. The Morgan fingerprint density at radius 3 is 2.44 bits per heavy atom. The highest BCUT2D eigenvalue weighted by atomic mass is 32.2. The van der Waals surface area contributed by atoms with Crippen LogP contribution in [-0.4, -0.2) is 28.5 Å². The van der Waals surface area contributed by atoms with Crippen LogP contribution in [0.2, 0.25) is 0 Å². The Bertz CT molecular complexity index is 1280. The van der Waals surface area contributed by atoms with Crippen LogP contribution in [0, 0.1) is 5.82 Å². The lowest BCUT2D eigenvalue weighted by molar-refractivity contribution is -0.0498. The number of rotatable bonds is 8. The van der Waals surface area contributed by atoms with E-state index in [-0.39, 0.29) is 23.7 Å². The van der Waals surface area contributed by atoms with Crippen molar-refractivity contribution in [3.8, 4) is 17.2 Å². The van der Waals surface area contributed by atoms with E-state index >= 15 is 0 Å². The van der Waals surface area contributed by atoms with Crippen LogP contribution in [0.1, 0.15) is 0 Å². The van der Waals surface area contributed by atoms with E-state index in [2.05, 4.69) is 9.72 Å². The van der Waals surface area contributed by atoms with E-state index < -0.39 is 12.4 Å². The van der Waals surface area contributed by atoms with Crippen molar-refractivity contribution < 1.29 is 22.6 Å². The number of benzene rings is 3. The normalized spacial score (nSPS) is 11.1. The number of alkyl halides is 2. The number of hydrogen-bond acceptors (Lipinski definition) is 5. The first-order chi connectivity index (χ1) is 15.5. The molecule has 0 aliphatic heterocycles. The Morgan fingerprint density at radius 2 is 1.69 bits per heavy atom. The maximum Gasteiger partial charge on any atom is 0.387 e. The highest BCUT2D eigenvalue weighted by molar-refractivity contribution is 7.99. The third kappa shape index (κ3) is 4.88. The molecule has 4 rings (SSSR count). The summed E-state index contributed by atoms with van der Waals surface area (Å²) in [6.07, 6.45) is 0. The SMILES string of the molecule is O=c1c2ccccc2nc(SCCOc2ccccc2F)n1-c1ccc(OC(F)F)cc1. The van der Waals surface area contributed by atoms with Crippen molar-refractivity contribution in [2.75, 3.05) is 12.4 Å². The van der Waals surface area contributed by atoms with Gasteiger partial charge in [0.1, 0.15) is 5.75 Å². The fraction of sp³-hybridized carbons (Fsp3) is 0.130. The zero-order chi connectivity index (χ0) is 22.5. The van der Waals surface area contributed by atoms with Crippen molar-refractivity contribution in [2.24, 2.45) is 0 Å². The third-order valence-corrected chi connectivity index (χ3v) is 5.38. The molecule has 1 heterocycles. The zero-order valence-electron chi connectivity index (χ0n) is 16.6. The van der Waals surface area contributed by atoms with Gasteiger partial charge in [-0.15, -0.1) is 0 Å². The van der Waals surface area contributed by atoms with Crippen LogP contribution < -0.4 is 15.0 Å². The van der Waals surface area contributed by atoms with Crippen molar-refractivity contribution in [3.63, 3.8) is 0 Å². The maximum atomic E-state index is 13.7. The van der Waals surface area contributed by atoms with E-state index in [0.717, 1.165) is 0 Å². The van der Waals surface area contributed by atoms with Gasteiger partial charge in [0.05, 0.1) is 23.2 Å². The van der Waals surface area contributed by atoms with Crippen LogP contribution in [0.4, 0.5) is 13.2 Å². The fourth-order valence-electron chi connectivity index (χ4n) is 3.06. The average Bonchev–Trinajstić information content (AvgIpc) is 2.78. The Balaban J connectivity index is 1.62. The molecule has 0 saturated heterocycles. The van der Waals surface area contributed by atoms with Gasteiger partial charge in [0.2, 0.25) is 0 Å². The van der Waals surface area contributed by atoms with Crippen LogP contribution in [0.5, 0.6) is 11.5 Å². The molecule has 0 N–H and O–H groups in total. The summed E-state index contributed by atoms with van der Waals surface area (Å²) in [6.45, 7) is -2.75. The fourth-order valence-corrected chi connectivity index (χ4v) is 3.89. The monoisotopic (exact) mass is 458 g/mol. The summed E-state index contributed by atoms with van der Waals surface area (Å²) in [4.78, 5) is 17.8. The van der Waals surface area contributed by atoms with Gasteiger partial charge in [-0.25, -0.2) is 9.37 Å². The Morgan fingerprint density at radius 1 is 0.969 bits per heavy atom. The first-order valence-electron chi connectivity index (χ1n) is 9.60. The minimum atomic E-state index is -2.94. The number of aromatic nitrogens is 2. The van der Waals surface area contributed by atoms with Crippen molar-refractivity contribution in [1.82, 2.24) is 9.55 Å². The summed E-state index contributed by atoms with van der Waals surface area (Å²) in [7, 11) is 0. The molecule has 0 spiro atoms. The molecule has 0 saturated carbocycles. The molecule has 9 heteroatoms. The van der Waals surface area contributed by atoms with Crippen molar-refractivity contribution >= 4 is 22.7 Å². The van der Waals surface area contributed by atoms with E-state index in [1.165, 1.54) is 52.7 Å². The number of fused-ring (bicyclic) bond motifs is 1. The first kappa shape index (κ1) is 21.8. The van der Waals surface area contributed by atoms with Crippen LogP contribution in [0.3, 0.4) is 0 Å². The smallest absolute Gasteiger partial charge is 0.387 e. The van der Waals surface area contributed by atoms with Crippen molar-refractivity contribution in [3.05, 3.63) is 89.0 Å². The van der Waals surface area contributed by atoms with Gasteiger partial charge in [-0.2, -0.15) is 8.78 Å². The van der Waals surface area contributed by atoms with Gasteiger partial charge in [0, 0.05) is 5.75 Å². The number of thioether (sulfide) groups is 1. The molecule has 3 aromatic carbocycles. The summed E-state index contributed by atoms with van der Waals surface area (Å²) >= 11 is 1.26. The van der Waals surface area contributed by atoms with Gasteiger partial charge in [0.15, 0.2) is 16.7 Å². The molecule has 0 aliphatic rings. The Kier molecular flexibility index (Phi) is 6.65. The summed E-state index contributed by atoms with van der Waals surface area (Å²) in [5, 5.41) is 0.820. The summed E-state index contributed by atoms with van der Waals surface area (Å²) in [6, 6.07) is 18.8. The largest absolute Gasteiger partial charge is 0.490 e. The minimum Gasteiger partial charge on any atom is -0.490 e. The molecular formula is C23H17F3N2O3S. The second-order valence-corrected chi connectivity index (χ2v) is 7.61.